The molecule has 3 nitrogen and oxygen atoms in total. The third-order valence-corrected chi connectivity index (χ3v) is 3.43. The third-order valence-electron chi connectivity index (χ3n) is 2.65. The Labute approximate surface area is 98.7 Å². The van der Waals surface area contributed by atoms with E-state index in [1.165, 1.54) is 11.1 Å². The molecule has 0 bridgehead atoms. The smallest absolute Gasteiger partial charge is 0.122 e. The summed E-state index contributed by atoms with van der Waals surface area (Å²) >= 11 is 0. The molecular formula is C12H17NO2S. The van der Waals surface area contributed by atoms with Gasteiger partial charge in [0.05, 0.1) is 6.61 Å². The zero-order chi connectivity index (χ0) is 11.4. The molecule has 0 spiro atoms. The van der Waals surface area contributed by atoms with Gasteiger partial charge in [0.25, 0.3) is 0 Å². The van der Waals surface area contributed by atoms with Crippen LogP contribution >= 0.6 is 0 Å². The quantitative estimate of drug-likeness (QED) is 0.782. The number of nitrogens with one attached hydrogen (secondary N) is 1. The average molecular weight is 239 g/mol. The summed E-state index contributed by atoms with van der Waals surface area (Å²) < 4.78 is 16.3. The molecule has 4 heteroatoms. The van der Waals surface area contributed by atoms with Crippen LogP contribution in [0.5, 0.6) is 5.75 Å². The highest BCUT2D eigenvalue weighted by molar-refractivity contribution is 7.84. The summed E-state index contributed by atoms with van der Waals surface area (Å²) in [6, 6.07) is 6.32. The fraction of sp³-hybridized carbons (Fsp3) is 0.500. The normalized spacial score (nSPS) is 15.6. The molecule has 0 radical (unpaired) electrons. The average Bonchev–Trinajstić information content (AvgIpc) is 2.71. The Balaban J connectivity index is 1.83. The summed E-state index contributed by atoms with van der Waals surface area (Å²) in [4.78, 5) is 0. The number of hydrogen-bond acceptors (Lipinski definition) is 3. The molecule has 1 heterocycles. The van der Waals surface area contributed by atoms with Crippen LogP contribution < -0.4 is 10.1 Å². The monoisotopic (exact) mass is 239 g/mol. The lowest BCUT2D eigenvalue weighted by Crippen LogP contribution is -2.19. The van der Waals surface area contributed by atoms with Gasteiger partial charge in [-0.25, -0.2) is 0 Å². The molecule has 0 saturated heterocycles. The molecule has 16 heavy (non-hydrogen) atoms. The lowest BCUT2D eigenvalue weighted by atomic mass is 10.1. The largest absolute Gasteiger partial charge is 0.493 e. The van der Waals surface area contributed by atoms with Gasteiger partial charge in [0.2, 0.25) is 0 Å². The molecule has 1 aliphatic heterocycles. The van der Waals surface area contributed by atoms with Gasteiger partial charge in [0.15, 0.2) is 0 Å². The molecule has 2 rings (SSSR count). The predicted molar refractivity (Wildman–Crippen MR) is 66.3 cm³/mol. The minimum atomic E-state index is -0.706. The van der Waals surface area contributed by atoms with Crippen molar-refractivity contribution < 1.29 is 8.95 Å². The van der Waals surface area contributed by atoms with Crippen molar-refractivity contribution >= 4 is 10.8 Å². The standard InChI is InChI=1S/C12H17NO2S/c1-16(14)7-5-13-9-10-2-3-12-11(8-10)4-6-15-12/h2-3,8,13H,4-7,9H2,1H3/t16-/m1/s1. The van der Waals surface area contributed by atoms with Crippen LogP contribution in [0.3, 0.4) is 0 Å². The molecule has 0 saturated carbocycles. The van der Waals surface area contributed by atoms with Gasteiger partial charge in [0, 0.05) is 42.3 Å². The first-order chi connectivity index (χ1) is 7.75. The summed E-state index contributed by atoms with van der Waals surface area (Å²) in [7, 11) is -0.706. The van der Waals surface area contributed by atoms with Crippen molar-refractivity contribution in [3.63, 3.8) is 0 Å². The van der Waals surface area contributed by atoms with Crippen molar-refractivity contribution in [2.75, 3.05) is 25.2 Å². The van der Waals surface area contributed by atoms with E-state index in [9.17, 15) is 4.21 Å². The number of benzene rings is 1. The second-order valence-electron chi connectivity index (χ2n) is 3.99. The van der Waals surface area contributed by atoms with Crippen LogP contribution in [0.1, 0.15) is 11.1 Å². The molecule has 1 N–H and O–H groups in total. The summed E-state index contributed by atoms with van der Waals surface area (Å²) in [5, 5.41) is 3.29. The highest BCUT2D eigenvalue weighted by atomic mass is 32.2. The van der Waals surface area contributed by atoms with Gasteiger partial charge in [0.1, 0.15) is 5.75 Å². The van der Waals surface area contributed by atoms with Crippen molar-refractivity contribution in [3.8, 4) is 5.75 Å². The Hall–Kier alpha value is -0.870. The first-order valence-electron chi connectivity index (χ1n) is 5.51. The van der Waals surface area contributed by atoms with Crippen LogP contribution in [-0.2, 0) is 23.8 Å². The number of hydrogen-bond donors (Lipinski definition) is 1. The van der Waals surface area contributed by atoms with Gasteiger partial charge in [-0.15, -0.1) is 0 Å². The summed E-state index contributed by atoms with van der Waals surface area (Å²) in [5.74, 6) is 1.74. The molecule has 88 valence electrons. The van der Waals surface area contributed by atoms with E-state index in [1.807, 2.05) is 6.07 Å². The van der Waals surface area contributed by atoms with Gasteiger partial charge in [-0.2, -0.15) is 0 Å². The van der Waals surface area contributed by atoms with Crippen LogP contribution in [0.25, 0.3) is 0 Å². The Morgan fingerprint density at radius 3 is 3.19 bits per heavy atom. The van der Waals surface area contributed by atoms with Gasteiger partial charge in [-0.05, 0) is 17.2 Å². The van der Waals surface area contributed by atoms with E-state index >= 15 is 0 Å². The van der Waals surface area contributed by atoms with Gasteiger partial charge >= 0.3 is 0 Å². The fourth-order valence-electron chi connectivity index (χ4n) is 1.80. The van der Waals surface area contributed by atoms with Gasteiger partial charge in [-0.1, -0.05) is 12.1 Å². The molecular weight excluding hydrogens is 222 g/mol. The van der Waals surface area contributed by atoms with Crippen LogP contribution in [0, 0.1) is 0 Å². The van der Waals surface area contributed by atoms with E-state index in [0.717, 1.165) is 31.9 Å². The topological polar surface area (TPSA) is 38.3 Å². The molecule has 0 aliphatic carbocycles. The molecule has 1 aliphatic rings. The van der Waals surface area contributed by atoms with Crippen molar-refractivity contribution in [1.29, 1.82) is 0 Å². The third kappa shape index (κ3) is 3.06. The zero-order valence-electron chi connectivity index (χ0n) is 9.49. The number of fused-ring (bicyclic) bond motifs is 1. The van der Waals surface area contributed by atoms with Crippen LogP contribution in [0.4, 0.5) is 0 Å². The first-order valence-corrected chi connectivity index (χ1v) is 7.24. The van der Waals surface area contributed by atoms with Gasteiger partial charge < -0.3 is 10.1 Å². The molecule has 0 aromatic heterocycles. The van der Waals surface area contributed by atoms with E-state index in [-0.39, 0.29) is 0 Å². The van der Waals surface area contributed by atoms with E-state index in [1.54, 1.807) is 6.26 Å². The maximum absolute atomic E-state index is 10.9. The predicted octanol–water partition coefficient (Wildman–Crippen LogP) is 1.09. The summed E-state index contributed by atoms with van der Waals surface area (Å²) in [6.07, 6.45) is 2.75. The summed E-state index contributed by atoms with van der Waals surface area (Å²) in [6.45, 7) is 2.45. The molecule has 0 fully saturated rings. The molecule has 0 amide bonds. The van der Waals surface area contributed by atoms with Crippen molar-refractivity contribution in [1.82, 2.24) is 5.32 Å². The van der Waals surface area contributed by atoms with E-state index in [2.05, 4.69) is 17.4 Å². The molecule has 0 unspecified atom stereocenters. The molecule has 1 atom stereocenters. The molecule has 1 aromatic rings. The molecule has 1 aromatic carbocycles. The highest BCUT2D eigenvalue weighted by Crippen LogP contribution is 2.25. The number of ether oxygens (including phenoxy) is 1. The first kappa shape index (κ1) is 11.6. The van der Waals surface area contributed by atoms with E-state index in [4.69, 9.17) is 4.74 Å². The number of rotatable bonds is 5. The second kappa shape index (κ2) is 5.46. The van der Waals surface area contributed by atoms with E-state index in [0.29, 0.717) is 5.75 Å². The van der Waals surface area contributed by atoms with Crippen molar-refractivity contribution in [3.05, 3.63) is 29.3 Å². The maximum atomic E-state index is 10.9. The minimum absolute atomic E-state index is 0.706. The van der Waals surface area contributed by atoms with Crippen LogP contribution in [0.2, 0.25) is 0 Å². The van der Waals surface area contributed by atoms with Crippen LogP contribution in [0.15, 0.2) is 18.2 Å². The Kier molecular flexibility index (Phi) is 3.96. The lowest BCUT2D eigenvalue weighted by Gasteiger charge is -2.05. The fourth-order valence-corrected chi connectivity index (χ4v) is 2.23. The Morgan fingerprint density at radius 2 is 2.38 bits per heavy atom. The minimum Gasteiger partial charge on any atom is -0.493 e. The maximum Gasteiger partial charge on any atom is 0.122 e. The van der Waals surface area contributed by atoms with Crippen molar-refractivity contribution in [2.45, 2.75) is 13.0 Å². The lowest BCUT2D eigenvalue weighted by molar-refractivity contribution is 0.357. The zero-order valence-corrected chi connectivity index (χ0v) is 10.3. The van der Waals surface area contributed by atoms with Crippen molar-refractivity contribution in [2.24, 2.45) is 0 Å². The summed E-state index contributed by atoms with van der Waals surface area (Å²) in [5.41, 5.74) is 2.57. The van der Waals surface area contributed by atoms with Gasteiger partial charge in [-0.3, -0.25) is 4.21 Å². The highest BCUT2D eigenvalue weighted by Gasteiger charge is 2.11. The van der Waals surface area contributed by atoms with Crippen LogP contribution in [-0.4, -0.2) is 29.4 Å². The van der Waals surface area contributed by atoms with E-state index < -0.39 is 10.8 Å². The second-order valence-corrected chi connectivity index (χ2v) is 5.55. The Bertz CT molecular complexity index is 393. The SMILES string of the molecule is C[S@@](=O)CCNCc1ccc2c(c1)CCO2. The Morgan fingerprint density at radius 1 is 1.50 bits per heavy atom.